The lowest BCUT2D eigenvalue weighted by Crippen LogP contribution is -2.39. The molecule has 0 aliphatic carbocycles. The fourth-order valence-electron chi connectivity index (χ4n) is 2.48. The van der Waals surface area contributed by atoms with Crippen molar-refractivity contribution in [1.29, 1.82) is 0 Å². The Balaban J connectivity index is 1.92. The topological polar surface area (TPSA) is 106 Å². The molecule has 0 spiro atoms. The molecule has 2 aromatic carbocycles. The number of para-hydroxylation sites is 1. The Morgan fingerprint density at radius 2 is 1.70 bits per heavy atom. The van der Waals surface area contributed by atoms with E-state index in [0.29, 0.717) is 17.0 Å². The van der Waals surface area contributed by atoms with Gasteiger partial charge in [-0.25, -0.2) is 4.79 Å². The summed E-state index contributed by atoms with van der Waals surface area (Å²) in [5.74, 6) is -0.0882. The molecule has 160 valence electrons. The van der Waals surface area contributed by atoms with Crippen molar-refractivity contribution in [3.63, 3.8) is 0 Å². The highest BCUT2D eigenvalue weighted by molar-refractivity contribution is 6.04. The Bertz CT molecular complexity index is 906. The van der Waals surface area contributed by atoms with Gasteiger partial charge in [0.15, 0.2) is 0 Å². The molecule has 0 aliphatic rings. The van der Waals surface area contributed by atoms with Crippen LogP contribution in [0.4, 0.5) is 10.5 Å². The molecule has 8 nitrogen and oxygen atoms in total. The molecule has 0 aromatic heterocycles. The predicted molar refractivity (Wildman–Crippen MR) is 113 cm³/mol. The van der Waals surface area contributed by atoms with Crippen molar-refractivity contribution >= 4 is 23.6 Å². The first kappa shape index (κ1) is 22.7. The summed E-state index contributed by atoms with van der Waals surface area (Å²) < 4.78 is 10.2. The number of alkyl carbamates (subject to hydrolysis) is 1. The third-order valence-electron chi connectivity index (χ3n) is 3.87. The van der Waals surface area contributed by atoms with Crippen LogP contribution in [0.2, 0.25) is 0 Å². The molecule has 0 atom stereocenters. The maximum Gasteiger partial charge on any atom is 0.408 e. The Kier molecular flexibility index (Phi) is 7.80. The highest BCUT2D eigenvalue weighted by Gasteiger charge is 2.16. The fraction of sp³-hybridized carbons (Fsp3) is 0.318. The molecule has 3 amide bonds. The number of rotatable bonds is 7. The molecular formula is C22H27N3O5. The van der Waals surface area contributed by atoms with Crippen LogP contribution in [-0.2, 0) is 16.1 Å². The molecular weight excluding hydrogens is 386 g/mol. The third-order valence-corrected chi connectivity index (χ3v) is 3.87. The van der Waals surface area contributed by atoms with E-state index in [1.165, 1.54) is 7.11 Å². The number of ether oxygens (including phenoxy) is 2. The second kappa shape index (κ2) is 10.3. The molecule has 0 unspecified atom stereocenters. The van der Waals surface area contributed by atoms with Gasteiger partial charge in [0.05, 0.1) is 7.11 Å². The smallest absolute Gasteiger partial charge is 0.408 e. The first-order valence-electron chi connectivity index (χ1n) is 9.45. The molecule has 3 N–H and O–H groups in total. The maximum atomic E-state index is 12.5. The number of carbonyl (C=O) groups is 3. The first-order chi connectivity index (χ1) is 14.2. The van der Waals surface area contributed by atoms with E-state index in [1.54, 1.807) is 63.2 Å². The zero-order valence-electron chi connectivity index (χ0n) is 17.6. The van der Waals surface area contributed by atoms with E-state index in [1.807, 2.05) is 6.07 Å². The molecule has 2 rings (SSSR count). The fourth-order valence-corrected chi connectivity index (χ4v) is 2.48. The van der Waals surface area contributed by atoms with Crippen LogP contribution in [0.5, 0.6) is 5.75 Å². The van der Waals surface area contributed by atoms with Crippen LogP contribution in [0, 0.1) is 0 Å². The monoisotopic (exact) mass is 413 g/mol. The second-order valence-electron chi connectivity index (χ2n) is 7.48. The van der Waals surface area contributed by atoms with Crippen molar-refractivity contribution in [3.05, 3.63) is 59.7 Å². The van der Waals surface area contributed by atoms with E-state index >= 15 is 0 Å². The third kappa shape index (κ3) is 7.46. The van der Waals surface area contributed by atoms with Gasteiger partial charge in [-0.05, 0) is 50.6 Å². The Labute approximate surface area is 175 Å². The molecule has 0 heterocycles. The minimum absolute atomic E-state index is 0.184. The quantitative estimate of drug-likeness (QED) is 0.647. The summed E-state index contributed by atoms with van der Waals surface area (Å²) in [4.78, 5) is 36.2. The van der Waals surface area contributed by atoms with Crippen molar-refractivity contribution < 1.29 is 23.9 Å². The van der Waals surface area contributed by atoms with E-state index in [4.69, 9.17) is 9.47 Å². The lowest BCUT2D eigenvalue weighted by Gasteiger charge is -2.19. The summed E-state index contributed by atoms with van der Waals surface area (Å²) >= 11 is 0. The minimum atomic E-state index is -0.663. The highest BCUT2D eigenvalue weighted by Crippen LogP contribution is 2.18. The van der Waals surface area contributed by atoms with Crippen molar-refractivity contribution in [1.82, 2.24) is 10.6 Å². The van der Waals surface area contributed by atoms with E-state index in [-0.39, 0.29) is 24.9 Å². The highest BCUT2D eigenvalue weighted by atomic mass is 16.6. The van der Waals surface area contributed by atoms with E-state index in [9.17, 15) is 14.4 Å². The van der Waals surface area contributed by atoms with E-state index in [0.717, 1.165) is 5.56 Å². The number of carbonyl (C=O) groups excluding carboxylic acids is 3. The van der Waals surface area contributed by atoms with Gasteiger partial charge in [-0.15, -0.1) is 0 Å². The average molecular weight is 413 g/mol. The van der Waals surface area contributed by atoms with Gasteiger partial charge in [0, 0.05) is 17.8 Å². The van der Waals surface area contributed by atoms with Crippen molar-refractivity contribution in [2.24, 2.45) is 0 Å². The number of anilines is 1. The van der Waals surface area contributed by atoms with Gasteiger partial charge in [-0.2, -0.15) is 0 Å². The summed E-state index contributed by atoms with van der Waals surface area (Å²) in [6, 6.07) is 14.0. The van der Waals surface area contributed by atoms with Gasteiger partial charge >= 0.3 is 6.09 Å². The standard InChI is InChI=1S/C22H27N3O5/c1-22(2,3)30-21(28)24-14-19(26)23-13-16-8-5-6-11-18(16)25-20(27)15-9-7-10-17(12-15)29-4/h5-12H,13-14H2,1-4H3,(H,23,26)(H,24,28)(H,25,27). The van der Waals surface area contributed by atoms with Gasteiger partial charge in [0.1, 0.15) is 17.9 Å². The Morgan fingerprint density at radius 3 is 2.40 bits per heavy atom. The largest absolute Gasteiger partial charge is 0.497 e. The molecule has 0 aliphatic heterocycles. The van der Waals surface area contributed by atoms with Crippen LogP contribution in [0.15, 0.2) is 48.5 Å². The molecule has 30 heavy (non-hydrogen) atoms. The van der Waals surface area contributed by atoms with E-state index in [2.05, 4.69) is 16.0 Å². The first-order valence-corrected chi connectivity index (χ1v) is 9.45. The lowest BCUT2D eigenvalue weighted by molar-refractivity contribution is -0.120. The van der Waals surface area contributed by atoms with Crippen LogP contribution in [0.1, 0.15) is 36.7 Å². The second-order valence-corrected chi connectivity index (χ2v) is 7.48. The number of benzene rings is 2. The number of amides is 3. The SMILES string of the molecule is COc1cccc(C(=O)Nc2ccccc2CNC(=O)CNC(=O)OC(C)(C)C)c1. The zero-order chi connectivity index (χ0) is 22.1. The van der Waals surface area contributed by atoms with E-state index < -0.39 is 11.7 Å². The molecule has 2 aromatic rings. The number of methoxy groups -OCH3 is 1. The van der Waals surface area contributed by atoms with Crippen molar-refractivity contribution in [2.45, 2.75) is 32.9 Å². The number of hydrogen-bond acceptors (Lipinski definition) is 5. The van der Waals surface area contributed by atoms with Crippen LogP contribution in [-0.4, -0.2) is 37.2 Å². The maximum absolute atomic E-state index is 12.5. The van der Waals surface area contributed by atoms with Gasteiger partial charge < -0.3 is 25.4 Å². The lowest BCUT2D eigenvalue weighted by atomic mass is 10.1. The molecule has 0 saturated heterocycles. The van der Waals surface area contributed by atoms with Crippen molar-refractivity contribution in [3.8, 4) is 5.75 Å². The van der Waals surface area contributed by atoms with Gasteiger partial charge in [-0.3, -0.25) is 9.59 Å². The predicted octanol–water partition coefficient (Wildman–Crippen LogP) is 3.09. The zero-order valence-corrected chi connectivity index (χ0v) is 17.6. The summed E-state index contributed by atoms with van der Waals surface area (Å²) in [5, 5.41) is 7.95. The normalized spacial score (nSPS) is 10.7. The molecule has 0 fully saturated rings. The summed E-state index contributed by atoms with van der Waals surface area (Å²) in [6.45, 7) is 5.19. The average Bonchev–Trinajstić information content (AvgIpc) is 2.70. The number of nitrogens with one attached hydrogen (secondary N) is 3. The van der Waals surface area contributed by atoms with Gasteiger partial charge in [-0.1, -0.05) is 24.3 Å². The molecule has 8 heteroatoms. The Morgan fingerprint density at radius 1 is 0.967 bits per heavy atom. The van der Waals surface area contributed by atoms with Crippen molar-refractivity contribution in [2.75, 3.05) is 19.0 Å². The van der Waals surface area contributed by atoms with Gasteiger partial charge in [0.25, 0.3) is 5.91 Å². The van der Waals surface area contributed by atoms with Gasteiger partial charge in [0.2, 0.25) is 5.91 Å². The van der Waals surface area contributed by atoms with Crippen LogP contribution in [0.3, 0.4) is 0 Å². The van der Waals surface area contributed by atoms with Crippen LogP contribution < -0.4 is 20.7 Å². The number of hydrogen-bond donors (Lipinski definition) is 3. The van der Waals surface area contributed by atoms with Crippen LogP contribution in [0.25, 0.3) is 0 Å². The summed E-state index contributed by atoms with van der Waals surface area (Å²) in [5.41, 5.74) is 1.11. The Hall–Kier alpha value is -3.55. The molecule has 0 radical (unpaired) electrons. The molecule has 0 bridgehead atoms. The van der Waals surface area contributed by atoms with Crippen LogP contribution >= 0.6 is 0 Å². The molecule has 0 saturated carbocycles. The summed E-state index contributed by atoms with van der Waals surface area (Å²) in [6.07, 6.45) is -0.663. The summed E-state index contributed by atoms with van der Waals surface area (Å²) in [7, 11) is 1.53. The minimum Gasteiger partial charge on any atom is -0.497 e.